The first-order valence-corrected chi connectivity index (χ1v) is 10.7. The standard InChI is InChI=1S/C21H33N5O2/c1-3-25-10-4-5-19(25)15-24-20(27)7-6-17-8-11-26(12-9-17)21(28)18-13-22-16(2)23-14-18/h13-14,17,19H,3-12,15H2,1-2H3,(H,24,27). The minimum absolute atomic E-state index is 0.00762. The highest BCUT2D eigenvalue weighted by molar-refractivity contribution is 5.93. The summed E-state index contributed by atoms with van der Waals surface area (Å²) in [5.41, 5.74) is 0.552. The summed E-state index contributed by atoms with van der Waals surface area (Å²) in [5, 5.41) is 3.12. The molecule has 0 radical (unpaired) electrons. The summed E-state index contributed by atoms with van der Waals surface area (Å²) >= 11 is 0. The molecule has 1 atom stereocenters. The maximum absolute atomic E-state index is 12.5. The Balaban J connectivity index is 1.34. The first-order valence-electron chi connectivity index (χ1n) is 10.7. The van der Waals surface area contributed by atoms with Crippen LogP contribution in [0.5, 0.6) is 0 Å². The maximum atomic E-state index is 12.5. The van der Waals surface area contributed by atoms with Gasteiger partial charge < -0.3 is 10.2 Å². The lowest BCUT2D eigenvalue weighted by Gasteiger charge is -2.32. The maximum Gasteiger partial charge on any atom is 0.256 e. The summed E-state index contributed by atoms with van der Waals surface area (Å²) in [6.07, 6.45) is 9.03. The molecule has 154 valence electrons. The number of amides is 2. The van der Waals surface area contributed by atoms with E-state index in [0.717, 1.165) is 52.0 Å². The quantitative estimate of drug-likeness (QED) is 0.774. The molecule has 3 heterocycles. The Morgan fingerprint density at radius 3 is 2.54 bits per heavy atom. The number of aryl methyl sites for hydroxylation is 1. The summed E-state index contributed by atoms with van der Waals surface area (Å²) < 4.78 is 0. The van der Waals surface area contributed by atoms with Crippen molar-refractivity contribution in [1.82, 2.24) is 25.1 Å². The van der Waals surface area contributed by atoms with Crippen molar-refractivity contribution in [2.24, 2.45) is 5.92 Å². The van der Waals surface area contributed by atoms with Crippen LogP contribution < -0.4 is 5.32 Å². The number of hydrogen-bond acceptors (Lipinski definition) is 5. The molecule has 3 rings (SSSR count). The Kier molecular flexibility index (Phi) is 7.36. The molecular weight excluding hydrogens is 354 g/mol. The lowest BCUT2D eigenvalue weighted by Crippen LogP contribution is -2.40. The van der Waals surface area contributed by atoms with Crippen LogP contribution in [0.3, 0.4) is 0 Å². The molecule has 2 aliphatic heterocycles. The lowest BCUT2D eigenvalue weighted by atomic mass is 9.92. The van der Waals surface area contributed by atoms with Gasteiger partial charge in [-0.15, -0.1) is 0 Å². The number of nitrogens with one attached hydrogen (secondary N) is 1. The van der Waals surface area contributed by atoms with Crippen LogP contribution in [0, 0.1) is 12.8 Å². The van der Waals surface area contributed by atoms with E-state index in [4.69, 9.17) is 0 Å². The van der Waals surface area contributed by atoms with Gasteiger partial charge in [0.2, 0.25) is 5.91 Å². The highest BCUT2D eigenvalue weighted by Gasteiger charge is 2.25. The lowest BCUT2D eigenvalue weighted by molar-refractivity contribution is -0.121. The number of carbonyl (C=O) groups is 2. The van der Waals surface area contributed by atoms with E-state index in [-0.39, 0.29) is 11.8 Å². The third-order valence-corrected chi connectivity index (χ3v) is 6.15. The Morgan fingerprint density at radius 1 is 1.14 bits per heavy atom. The summed E-state index contributed by atoms with van der Waals surface area (Å²) in [6.45, 7) is 8.47. The second-order valence-corrected chi connectivity index (χ2v) is 8.02. The molecular formula is C21H33N5O2. The van der Waals surface area contributed by atoms with E-state index in [1.165, 1.54) is 12.8 Å². The van der Waals surface area contributed by atoms with Crippen molar-refractivity contribution in [2.75, 3.05) is 32.7 Å². The van der Waals surface area contributed by atoms with Gasteiger partial charge in [-0.2, -0.15) is 0 Å². The molecule has 0 saturated carbocycles. The number of likely N-dealkylation sites (tertiary alicyclic amines) is 2. The molecule has 0 aliphatic carbocycles. The smallest absolute Gasteiger partial charge is 0.256 e. The zero-order valence-corrected chi connectivity index (χ0v) is 17.2. The van der Waals surface area contributed by atoms with Gasteiger partial charge in [-0.3, -0.25) is 14.5 Å². The van der Waals surface area contributed by atoms with Crippen molar-refractivity contribution < 1.29 is 9.59 Å². The minimum Gasteiger partial charge on any atom is -0.355 e. The van der Waals surface area contributed by atoms with Crippen LogP contribution in [0.1, 0.15) is 61.6 Å². The highest BCUT2D eigenvalue weighted by atomic mass is 16.2. The van der Waals surface area contributed by atoms with E-state index in [1.807, 2.05) is 11.8 Å². The molecule has 1 N–H and O–H groups in total. The zero-order chi connectivity index (χ0) is 19.9. The molecule has 2 saturated heterocycles. The van der Waals surface area contributed by atoms with E-state index in [1.54, 1.807) is 12.4 Å². The van der Waals surface area contributed by atoms with Crippen LogP contribution in [-0.2, 0) is 4.79 Å². The third kappa shape index (κ3) is 5.50. The van der Waals surface area contributed by atoms with Crippen LogP contribution in [0.2, 0.25) is 0 Å². The second-order valence-electron chi connectivity index (χ2n) is 8.02. The fourth-order valence-corrected chi connectivity index (χ4v) is 4.31. The molecule has 2 amide bonds. The second kappa shape index (κ2) is 9.96. The van der Waals surface area contributed by atoms with Gasteiger partial charge >= 0.3 is 0 Å². The van der Waals surface area contributed by atoms with Crippen LogP contribution in [-0.4, -0.2) is 70.3 Å². The summed E-state index contributed by atoms with van der Waals surface area (Å²) in [4.78, 5) is 37.3. The topological polar surface area (TPSA) is 78.4 Å². The van der Waals surface area contributed by atoms with Crippen molar-refractivity contribution in [3.63, 3.8) is 0 Å². The summed E-state index contributed by atoms with van der Waals surface area (Å²) in [7, 11) is 0. The normalized spacial score (nSPS) is 21.1. The molecule has 1 unspecified atom stereocenters. The van der Waals surface area contributed by atoms with E-state index in [2.05, 4.69) is 27.1 Å². The van der Waals surface area contributed by atoms with E-state index in [9.17, 15) is 9.59 Å². The largest absolute Gasteiger partial charge is 0.355 e. The molecule has 0 aromatic carbocycles. The molecule has 7 heteroatoms. The minimum atomic E-state index is 0.00762. The SMILES string of the molecule is CCN1CCCC1CNC(=O)CCC1CCN(C(=O)c2cnc(C)nc2)CC1. The first kappa shape index (κ1) is 20.7. The summed E-state index contributed by atoms with van der Waals surface area (Å²) in [5.74, 6) is 1.36. The fraction of sp³-hybridized carbons (Fsp3) is 0.714. The Labute approximate surface area is 167 Å². The van der Waals surface area contributed by atoms with Gasteiger partial charge in [-0.25, -0.2) is 9.97 Å². The molecule has 7 nitrogen and oxygen atoms in total. The molecule has 2 aliphatic rings. The number of hydrogen-bond donors (Lipinski definition) is 1. The number of carbonyl (C=O) groups excluding carboxylic acids is 2. The van der Waals surface area contributed by atoms with Crippen LogP contribution in [0.4, 0.5) is 0 Å². The number of likely N-dealkylation sites (N-methyl/N-ethyl adjacent to an activating group) is 1. The average Bonchev–Trinajstić information content (AvgIpc) is 3.19. The monoisotopic (exact) mass is 387 g/mol. The fourth-order valence-electron chi connectivity index (χ4n) is 4.31. The average molecular weight is 388 g/mol. The van der Waals surface area contributed by atoms with Crippen molar-refractivity contribution in [3.05, 3.63) is 23.8 Å². The van der Waals surface area contributed by atoms with Crippen LogP contribution in [0.15, 0.2) is 12.4 Å². The molecule has 0 spiro atoms. The van der Waals surface area contributed by atoms with Gasteiger partial charge in [0.25, 0.3) is 5.91 Å². The van der Waals surface area contributed by atoms with Crippen LogP contribution >= 0.6 is 0 Å². The van der Waals surface area contributed by atoms with Gasteiger partial charge in [0.15, 0.2) is 0 Å². The Hall–Kier alpha value is -2.02. The molecule has 28 heavy (non-hydrogen) atoms. The van der Waals surface area contributed by atoms with Gasteiger partial charge in [-0.1, -0.05) is 6.92 Å². The Morgan fingerprint density at radius 2 is 1.86 bits per heavy atom. The van der Waals surface area contributed by atoms with Gasteiger partial charge in [0.1, 0.15) is 5.82 Å². The third-order valence-electron chi connectivity index (χ3n) is 6.15. The number of rotatable bonds is 7. The number of piperidine rings is 1. The van der Waals surface area contributed by atoms with Crippen molar-refractivity contribution in [1.29, 1.82) is 0 Å². The van der Waals surface area contributed by atoms with Crippen molar-refractivity contribution in [3.8, 4) is 0 Å². The van der Waals surface area contributed by atoms with Crippen LogP contribution in [0.25, 0.3) is 0 Å². The number of nitrogens with zero attached hydrogens (tertiary/aromatic N) is 4. The summed E-state index contributed by atoms with van der Waals surface area (Å²) in [6, 6.07) is 0.508. The zero-order valence-electron chi connectivity index (χ0n) is 17.2. The molecule has 1 aromatic rings. The first-order chi connectivity index (χ1) is 13.6. The van der Waals surface area contributed by atoms with Crippen molar-refractivity contribution in [2.45, 2.75) is 58.4 Å². The van der Waals surface area contributed by atoms with E-state index < -0.39 is 0 Å². The van der Waals surface area contributed by atoms with E-state index in [0.29, 0.717) is 29.8 Å². The van der Waals surface area contributed by atoms with E-state index >= 15 is 0 Å². The van der Waals surface area contributed by atoms with Gasteiger partial charge in [0.05, 0.1) is 5.56 Å². The van der Waals surface area contributed by atoms with Crippen molar-refractivity contribution >= 4 is 11.8 Å². The van der Waals surface area contributed by atoms with Gasteiger partial charge in [-0.05, 0) is 58.0 Å². The highest BCUT2D eigenvalue weighted by Crippen LogP contribution is 2.23. The molecule has 1 aromatic heterocycles. The predicted molar refractivity (Wildman–Crippen MR) is 108 cm³/mol. The molecule has 0 bridgehead atoms. The predicted octanol–water partition coefficient (Wildman–Crippen LogP) is 2.02. The number of aromatic nitrogens is 2. The Bertz CT molecular complexity index is 655. The van der Waals surface area contributed by atoms with Gasteiger partial charge in [0, 0.05) is 44.5 Å². The molecule has 2 fully saturated rings.